The monoisotopic (exact) mass is 206 g/mol. The highest BCUT2D eigenvalue weighted by atomic mass is 16.5. The van der Waals surface area contributed by atoms with Crippen molar-refractivity contribution in [2.45, 2.75) is 19.8 Å². The maximum Gasteiger partial charge on any atom is 0.302 e. The van der Waals surface area contributed by atoms with Crippen molar-refractivity contribution >= 4 is 5.97 Å². The minimum atomic E-state index is -0.252. The SMILES string of the molecule is C=C=CC(C=C)CC/C=C/COC(C)=O. The molecule has 0 radical (unpaired) electrons. The molecule has 0 aromatic carbocycles. The molecule has 0 bridgehead atoms. The van der Waals surface area contributed by atoms with Crippen molar-refractivity contribution in [2.75, 3.05) is 6.61 Å². The number of hydrogen-bond acceptors (Lipinski definition) is 2. The summed E-state index contributed by atoms with van der Waals surface area (Å²) >= 11 is 0. The lowest BCUT2D eigenvalue weighted by Gasteiger charge is -2.02. The number of carbonyl (C=O) groups excluding carboxylic acids is 1. The Kier molecular flexibility index (Phi) is 8.12. The fourth-order valence-electron chi connectivity index (χ4n) is 1.06. The van der Waals surface area contributed by atoms with Gasteiger partial charge in [0.25, 0.3) is 0 Å². The van der Waals surface area contributed by atoms with Crippen LogP contribution in [0.25, 0.3) is 0 Å². The summed E-state index contributed by atoms with van der Waals surface area (Å²) in [7, 11) is 0. The summed E-state index contributed by atoms with van der Waals surface area (Å²) < 4.78 is 4.75. The third kappa shape index (κ3) is 8.79. The van der Waals surface area contributed by atoms with Crippen LogP contribution in [0.5, 0.6) is 0 Å². The molecule has 0 aliphatic rings. The molecule has 0 aromatic heterocycles. The van der Waals surface area contributed by atoms with Crippen LogP contribution in [0.2, 0.25) is 0 Å². The number of carbonyl (C=O) groups is 1. The molecule has 0 N–H and O–H groups in total. The Hall–Kier alpha value is -1.53. The average molecular weight is 206 g/mol. The first-order valence-corrected chi connectivity index (χ1v) is 4.97. The van der Waals surface area contributed by atoms with E-state index < -0.39 is 0 Å². The van der Waals surface area contributed by atoms with Crippen LogP contribution in [0.4, 0.5) is 0 Å². The molecule has 0 heterocycles. The summed E-state index contributed by atoms with van der Waals surface area (Å²) in [5.41, 5.74) is 2.75. The van der Waals surface area contributed by atoms with E-state index in [1.807, 2.05) is 24.3 Å². The largest absolute Gasteiger partial charge is 0.462 e. The molecule has 0 rings (SSSR count). The lowest BCUT2D eigenvalue weighted by Crippen LogP contribution is -1.97. The molecular weight excluding hydrogens is 188 g/mol. The summed E-state index contributed by atoms with van der Waals surface area (Å²) in [5, 5.41) is 0. The van der Waals surface area contributed by atoms with Crippen molar-refractivity contribution in [3.63, 3.8) is 0 Å². The lowest BCUT2D eigenvalue weighted by atomic mass is 10.0. The van der Waals surface area contributed by atoms with Crippen molar-refractivity contribution in [3.05, 3.63) is 43.2 Å². The van der Waals surface area contributed by atoms with E-state index in [1.165, 1.54) is 6.92 Å². The van der Waals surface area contributed by atoms with E-state index in [0.29, 0.717) is 12.5 Å². The van der Waals surface area contributed by atoms with Crippen molar-refractivity contribution in [1.29, 1.82) is 0 Å². The molecule has 15 heavy (non-hydrogen) atoms. The average Bonchev–Trinajstić information content (AvgIpc) is 2.21. The highest BCUT2D eigenvalue weighted by Gasteiger charge is 1.96. The zero-order valence-electron chi connectivity index (χ0n) is 9.24. The van der Waals surface area contributed by atoms with Gasteiger partial charge in [-0.3, -0.25) is 4.79 Å². The fraction of sp³-hybridized carbons (Fsp3) is 0.385. The topological polar surface area (TPSA) is 26.3 Å². The van der Waals surface area contributed by atoms with Crippen LogP contribution in [-0.2, 0) is 9.53 Å². The molecule has 82 valence electrons. The third-order valence-electron chi connectivity index (χ3n) is 1.85. The summed E-state index contributed by atoms with van der Waals surface area (Å²) in [6.45, 7) is 9.00. The normalized spacial score (nSPS) is 11.8. The second kappa shape index (κ2) is 9.04. The Morgan fingerprint density at radius 2 is 2.27 bits per heavy atom. The molecule has 0 saturated carbocycles. The highest BCUT2D eigenvalue weighted by molar-refractivity contribution is 5.65. The van der Waals surface area contributed by atoms with Gasteiger partial charge in [-0.2, -0.15) is 0 Å². The van der Waals surface area contributed by atoms with E-state index in [4.69, 9.17) is 4.74 Å². The fourth-order valence-corrected chi connectivity index (χ4v) is 1.06. The number of allylic oxidation sites excluding steroid dienone is 3. The van der Waals surface area contributed by atoms with Crippen LogP contribution < -0.4 is 0 Å². The van der Waals surface area contributed by atoms with E-state index in [0.717, 1.165) is 12.8 Å². The first-order chi connectivity index (χ1) is 7.20. The second-order valence-electron chi connectivity index (χ2n) is 3.12. The number of rotatable bonds is 7. The van der Waals surface area contributed by atoms with Gasteiger partial charge in [-0.25, -0.2) is 0 Å². The predicted molar refractivity (Wildman–Crippen MR) is 62.4 cm³/mol. The van der Waals surface area contributed by atoms with Gasteiger partial charge in [0.2, 0.25) is 0 Å². The maximum atomic E-state index is 10.4. The summed E-state index contributed by atoms with van der Waals surface area (Å²) in [6, 6.07) is 0. The van der Waals surface area contributed by atoms with Gasteiger partial charge >= 0.3 is 5.97 Å². The van der Waals surface area contributed by atoms with E-state index >= 15 is 0 Å². The van der Waals surface area contributed by atoms with Gasteiger partial charge in [0.1, 0.15) is 6.61 Å². The minimum absolute atomic E-state index is 0.252. The van der Waals surface area contributed by atoms with Gasteiger partial charge in [-0.05, 0) is 18.9 Å². The molecule has 2 nitrogen and oxygen atoms in total. The van der Waals surface area contributed by atoms with E-state index in [1.54, 1.807) is 0 Å². The van der Waals surface area contributed by atoms with Gasteiger partial charge in [-0.15, -0.1) is 12.3 Å². The summed E-state index contributed by atoms with van der Waals surface area (Å²) in [4.78, 5) is 10.4. The Balaban J connectivity index is 3.63. The summed E-state index contributed by atoms with van der Waals surface area (Å²) in [6.07, 6.45) is 9.51. The third-order valence-corrected chi connectivity index (χ3v) is 1.85. The van der Waals surface area contributed by atoms with Crippen LogP contribution in [0.1, 0.15) is 19.8 Å². The lowest BCUT2D eigenvalue weighted by molar-refractivity contribution is -0.139. The van der Waals surface area contributed by atoms with Gasteiger partial charge in [0.15, 0.2) is 0 Å². The van der Waals surface area contributed by atoms with Crippen LogP contribution in [0, 0.1) is 5.92 Å². The Morgan fingerprint density at radius 1 is 1.53 bits per heavy atom. The number of hydrogen-bond donors (Lipinski definition) is 0. The highest BCUT2D eigenvalue weighted by Crippen LogP contribution is 2.09. The van der Waals surface area contributed by atoms with Gasteiger partial charge in [0.05, 0.1) is 0 Å². The molecular formula is C13H18O2. The molecule has 0 saturated heterocycles. The predicted octanol–water partition coefficient (Wildman–Crippen LogP) is 3.03. The Morgan fingerprint density at radius 3 is 2.80 bits per heavy atom. The van der Waals surface area contributed by atoms with Gasteiger partial charge in [0, 0.05) is 12.8 Å². The molecule has 0 fully saturated rings. The summed E-state index contributed by atoms with van der Waals surface area (Å²) in [5.74, 6) is 0.0686. The standard InChI is InChI=1S/C13H18O2/c1-4-9-13(5-2)10-7-6-8-11-15-12(3)14/h5-6,8-9,13H,1-2,7,10-11H2,3H3/b8-6+. The smallest absolute Gasteiger partial charge is 0.302 e. The molecule has 0 aliphatic heterocycles. The zero-order chi connectivity index (χ0) is 11.5. The van der Waals surface area contributed by atoms with E-state index in [2.05, 4.69) is 18.9 Å². The molecule has 1 atom stereocenters. The quantitative estimate of drug-likeness (QED) is 0.363. The van der Waals surface area contributed by atoms with Crippen LogP contribution >= 0.6 is 0 Å². The first-order valence-electron chi connectivity index (χ1n) is 4.97. The molecule has 0 spiro atoms. The number of esters is 1. The maximum absolute atomic E-state index is 10.4. The molecule has 2 heteroatoms. The van der Waals surface area contributed by atoms with Crippen molar-refractivity contribution in [1.82, 2.24) is 0 Å². The van der Waals surface area contributed by atoms with E-state index in [9.17, 15) is 4.79 Å². The first kappa shape index (κ1) is 13.5. The van der Waals surface area contributed by atoms with Crippen LogP contribution in [0.15, 0.2) is 43.2 Å². The molecule has 0 aliphatic carbocycles. The number of ether oxygens (including phenoxy) is 1. The molecule has 1 unspecified atom stereocenters. The van der Waals surface area contributed by atoms with Crippen molar-refractivity contribution < 1.29 is 9.53 Å². The minimum Gasteiger partial charge on any atom is -0.462 e. The second-order valence-corrected chi connectivity index (χ2v) is 3.12. The van der Waals surface area contributed by atoms with Crippen LogP contribution in [-0.4, -0.2) is 12.6 Å². The Labute approximate surface area is 91.6 Å². The zero-order valence-corrected chi connectivity index (χ0v) is 9.24. The van der Waals surface area contributed by atoms with Crippen molar-refractivity contribution in [2.24, 2.45) is 5.92 Å². The van der Waals surface area contributed by atoms with Gasteiger partial charge < -0.3 is 4.74 Å². The Bertz CT molecular complexity index is 270. The molecule has 0 aromatic rings. The van der Waals surface area contributed by atoms with Gasteiger partial charge in [-0.1, -0.05) is 24.8 Å². The van der Waals surface area contributed by atoms with E-state index in [-0.39, 0.29) is 5.97 Å². The van der Waals surface area contributed by atoms with Crippen molar-refractivity contribution in [3.8, 4) is 0 Å². The van der Waals surface area contributed by atoms with Crippen LogP contribution in [0.3, 0.4) is 0 Å². The molecule has 0 amide bonds.